The molecule has 25 heavy (non-hydrogen) atoms. The molecule has 0 aromatic heterocycles. The van der Waals surface area contributed by atoms with Gasteiger partial charge in [-0.3, -0.25) is 9.69 Å². The second-order valence-corrected chi connectivity index (χ2v) is 7.01. The summed E-state index contributed by atoms with van der Waals surface area (Å²) in [4.78, 5) is 14.2. The van der Waals surface area contributed by atoms with Crippen LogP contribution in [0.1, 0.15) is 30.4 Å². The highest BCUT2D eigenvalue weighted by Crippen LogP contribution is 2.27. The van der Waals surface area contributed by atoms with E-state index in [9.17, 15) is 9.18 Å². The highest BCUT2D eigenvalue weighted by molar-refractivity contribution is 5.79. The van der Waals surface area contributed by atoms with Gasteiger partial charge in [-0.25, -0.2) is 4.39 Å². The molecule has 1 atom stereocenters. The van der Waals surface area contributed by atoms with E-state index in [4.69, 9.17) is 10.00 Å². The van der Waals surface area contributed by atoms with Gasteiger partial charge < -0.3 is 10.1 Å². The molecule has 2 heterocycles. The Kier molecular flexibility index (Phi) is 5.67. The van der Waals surface area contributed by atoms with Gasteiger partial charge in [-0.2, -0.15) is 5.26 Å². The molecule has 1 aromatic rings. The van der Waals surface area contributed by atoms with E-state index in [0.717, 1.165) is 18.5 Å². The van der Waals surface area contributed by atoms with Gasteiger partial charge in [-0.1, -0.05) is 12.1 Å². The van der Waals surface area contributed by atoms with E-state index >= 15 is 0 Å². The molecule has 5 nitrogen and oxygen atoms in total. The third-order valence-electron chi connectivity index (χ3n) is 5.12. The monoisotopic (exact) mass is 345 g/mol. The van der Waals surface area contributed by atoms with Gasteiger partial charge in [0.25, 0.3) is 0 Å². The maximum Gasteiger partial charge on any atom is 0.225 e. The van der Waals surface area contributed by atoms with E-state index in [1.165, 1.54) is 0 Å². The summed E-state index contributed by atoms with van der Waals surface area (Å²) in [7, 11) is 0. The minimum Gasteiger partial charge on any atom is -0.381 e. The molecular formula is C19H24FN3O2. The third-order valence-corrected chi connectivity index (χ3v) is 5.12. The first-order valence-corrected chi connectivity index (χ1v) is 8.84. The van der Waals surface area contributed by atoms with E-state index in [1.807, 2.05) is 12.1 Å². The van der Waals surface area contributed by atoms with Gasteiger partial charge in [0.15, 0.2) is 0 Å². The summed E-state index contributed by atoms with van der Waals surface area (Å²) in [5.41, 5.74) is 0.449. The Balaban J connectivity index is 1.43. The number of ether oxygens (including phenoxy) is 1. The molecule has 6 heteroatoms. The molecule has 2 fully saturated rings. The lowest BCUT2D eigenvalue weighted by atomic mass is 9.92. The Morgan fingerprint density at radius 3 is 2.68 bits per heavy atom. The predicted octanol–water partition coefficient (Wildman–Crippen LogP) is 2.02. The fourth-order valence-corrected chi connectivity index (χ4v) is 3.36. The van der Waals surface area contributed by atoms with Crippen LogP contribution in [0.25, 0.3) is 0 Å². The number of alkyl halides is 1. The topological polar surface area (TPSA) is 65.4 Å². The normalized spacial score (nSPS) is 23.1. The number of likely N-dealkylation sites (tertiary alicyclic amines) is 1. The first-order valence-electron chi connectivity index (χ1n) is 8.84. The third kappa shape index (κ3) is 4.77. The molecular weight excluding hydrogens is 321 g/mol. The molecule has 1 N–H and O–H groups in total. The van der Waals surface area contributed by atoms with Gasteiger partial charge >= 0.3 is 0 Å². The summed E-state index contributed by atoms with van der Waals surface area (Å²) in [5.74, 6) is -0.213. The molecule has 134 valence electrons. The molecule has 1 amide bonds. The SMILES string of the molecule is N#Cc1ccc(CN2CCC(F)(CNC(=O)C3CCOC3)CC2)cc1. The molecule has 2 aliphatic rings. The minimum atomic E-state index is -1.32. The van der Waals surface area contributed by atoms with Crippen LogP contribution < -0.4 is 5.32 Å². The van der Waals surface area contributed by atoms with Crippen LogP contribution in [0.3, 0.4) is 0 Å². The number of nitrogens with one attached hydrogen (secondary N) is 1. The van der Waals surface area contributed by atoms with Crippen molar-refractivity contribution in [2.45, 2.75) is 31.5 Å². The average Bonchev–Trinajstić information content (AvgIpc) is 3.17. The molecule has 1 unspecified atom stereocenters. The minimum absolute atomic E-state index is 0.0884. The Morgan fingerprint density at radius 1 is 1.36 bits per heavy atom. The van der Waals surface area contributed by atoms with E-state index in [1.54, 1.807) is 12.1 Å². The van der Waals surface area contributed by atoms with Gasteiger partial charge in [-0.15, -0.1) is 0 Å². The second kappa shape index (κ2) is 7.94. The average molecular weight is 345 g/mol. The first-order chi connectivity index (χ1) is 12.1. The molecule has 2 saturated heterocycles. The lowest BCUT2D eigenvalue weighted by Gasteiger charge is -2.36. The van der Waals surface area contributed by atoms with Crippen molar-refractivity contribution in [1.82, 2.24) is 10.2 Å². The van der Waals surface area contributed by atoms with Crippen molar-refractivity contribution in [2.24, 2.45) is 5.92 Å². The number of halogens is 1. The molecule has 0 bridgehead atoms. The molecule has 1 aromatic carbocycles. The van der Waals surface area contributed by atoms with E-state index < -0.39 is 5.67 Å². The van der Waals surface area contributed by atoms with Gasteiger partial charge in [-0.05, 0) is 37.0 Å². The van der Waals surface area contributed by atoms with Crippen LogP contribution in [-0.4, -0.2) is 49.3 Å². The lowest BCUT2D eigenvalue weighted by Crippen LogP contribution is -2.48. The zero-order valence-corrected chi connectivity index (χ0v) is 14.3. The van der Waals surface area contributed by atoms with Crippen LogP contribution in [-0.2, 0) is 16.1 Å². The number of hydrogen-bond donors (Lipinski definition) is 1. The standard InChI is InChI=1S/C19H24FN3O2/c20-19(14-22-18(24)17-5-10-25-13-17)6-8-23(9-7-19)12-16-3-1-15(11-21)2-4-16/h1-4,17H,5-10,12-14H2,(H,22,24). The quantitative estimate of drug-likeness (QED) is 0.887. The summed E-state index contributed by atoms with van der Waals surface area (Å²) >= 11 is 0. The van der Waals surface area contributed by atoms with Gasteiger partial charge in [0.2, 0.25) is 5.91 Å². The smallest absolute Gasteiger partial charge is 0.225 e. The largest absolute Gasteiger partial charge is 0.381 e. The van der Waals surface area contributed by atoms with Crippen molar-refractivity contribution in [1.29, 1.82) is 5.26 Å². The van der Waals surface area contributed by atoms with Crippen LogP contribution in [0.4, 0.5) is 4.39 Å². The number of hydrogen-bond acceptors (Lipinski definition) is 4. The Bertz CT molecular complexity index is 627. The van der Waals surface area contributed by atoms with Gasteiger partial charge in [0.1, 0.15) is 5.67 Å². The van der Waals surface area contributed by atoms with E-state index in [0.29, 0.717) is 44.7 Å². The van der Waals surface area contributed by atoms with Crippen molar-refractivity contribution in [3.63, 3.8) is 0 Å². The highest BCUT2D eigenvalue weighted by Gasteiger charge is 2.35. The van der Waals surface area contributed by atoms with Crippen LogP contribution >= 0.6 is 0 Å². The van der Waals surface area contributed by atoms with Crippen molar-refractivity contribution >= 4 is 5.91 Å². The second-order valence-electron chi connectivity index (χ2n) is 7.01. The van der Waals surface area contributed by atoms with Crippen LogP contribution in [0.15, 0.2) is 24.3 Å². The molecule has 0 radical (unpaired) electrons. The first kappa shape index (κ1) is 17.8. The van der Waals surface area contributed by atoms with Crippen LogP contribution in [0.2, 0.25) is 0 Å². The van der Waals surface area contributed by atoms with E-state index in [-0.39, 0.29) is 18.4 Å². The van der Waals surface area contributed by atoms with Gasteiger partial charge in [0, 0.05) is 26.2 Å². The number of benzene rings is 1. The summed E-state index contributed by atoms with van der Waals surface area (Å²) in [6, 6.07) is 9.61. The number of carbonyl (C=O) groups is 1. The van der Waals surface area contributed by atoms with Crippen molar-refractivity contribution in [3.05, 3.63) is 35.4 Å². The molecule has 0 saturated carbocycles. The zero-order valence-electron chi connectivity index (χ0n) is 14.3. The van der Waals surface area contributed by atoms with Crippen molar-refractivity contribution in [2.75, 3.05) is 32.8 Å². The number of piperidine rings is 1. The maximum absolute atomic E-state index is 14.9. The van der Waals surface area contributed by atoms with E-state index in [2.05, 4.69) is 16.3 Å². The van der Waals surface area contributed by atoms with Crippen molar-refractivity contribution < 1.29 is 13.9 Å². The lowest BCUT2D eigenvalue weighted by molar-refractivity contribution is -0.125. The fraction of sp³-hybridized carbons (Fsp3) is 0.579. The van der Waals surface area contributed by atoms with Crippen LogP contribution in [0.5, 0.6) is 0 Å². The Morgan fingerprint density at radius 2 is 2.08 bits per heavy atom. The van der Waals surface area contributed by atoms with Crippen LogP contribution in [0, 0.1) is 17.2 Å². The Labute approximate surface area is 147 Å². The number of amides is 1. The summed E-state index contributed by atoms with van der Waals surface area (Å²) in [6.07, 6.45) is 1.57. The summed E-state index contributed by atoms with van der Waals surface area (Å²) in [5, 5.41) is 11.6. The summed E-state index contributed by atoms with van der Waals surface area (Å²) in [6.45, 7) is 3.24. The zero-order chi connectivity index (χ0) is 17.7. The number of carbonyl (C=O) groups excluding carboxylic acids is 1. The van der Waals surface area contributed by atoms with Crippen molar-refractivity contribution in [3.8, 4) is 6.07 Å². The maximum atomic E-state index is 14.9. The highest BCUT2D eigenvalue weighted by atomic mass is 19.1. The molecule has 0 aliphatic carbocycles. The Hall–Kier alpha value is -1.97. The molecule has 3 rings (SSSR count). The molecule has 2 aliphatic heterocycles. The van der Waals surface area contributed by atoms with Gasteiger partial charge in [0.05, 0.1) is 30.7 Å². The summed E-state index contributed by atoms with van der Waals surface area (Å²) < 4.78 is 20.1. The number of nitrogens with zero attached hydrogens (tertiary/aromatic N) is 2. The predicted molar refractivity (Wildman–Crippen MR) is 91.4 cm³/mol. The number of rotatable bonds is 5. The molecule has 0 spiro atoms. The fourth-order valence-electron chi connectivity index (χ4n) is 3.36. The number of nitriles is 1.